The minimum Gasteiger partial charge on any atom is -0.372 e. The molecule has 0 unspecified atom stereocenters. The van der Waals surface area contributed by atoms with Crippen molar-refractivity contribution in [3.05, 3.63) is 59.9 Å². The summed E-state index contributed by atoms with van der Waals surface area (Å²) in [4.78, 5) is 28.0. The van der Waals surface area contributed by atoms with Crippen LogP contribution in [0.3, 0.4) is 0 Å². The molecule has 2 aromatic rings. The van der Waals surface area contributed by atoms with Crippen LogP contribution >= 0.6 is 0 Å². The second-order valence-electron chi connectivity index (χ2n) is 6.48. The van der Waals surface area contributed by atoms with Crippen LogP contribution in [0.15, 0.2) is 48.5 Å². The summed E-state index contributed by atoms with van der Waals surface area (Å²) in [5.74, 6) is -0.701. The van der Waals surface area contributed by atoms with E-state index in [4.69, 9.17) is 0 Å². The number of carbonyl (C=O) groups excluding carboxylic acids is 2. The van der Waals surface area contributed by atoms with Crippen LogP contribution in [-0.4, -0.2) is 31.4 Å². The first kappa shape index (κ1) is 21.4. The lowest BCUT2D eigenvalue weighted by Gasteiger charge is -2.24. The molecule has 0 bridgehead atoms. The van der Waals surface area contributed by atoms with Crippen LogP contribution in [0.2, 0.25) is 0 Å². The number of nitrogens with one attached hydrogen (secondary N) is 1. The van der Waals surface area contributed by atoms with E-state index in [1.807, 2.05) is 24.3 Å². The number of amides is 2. The van der Waals surface area contributed by atoms with Crippen LogP contribution in [0, 0.1) is 5.82 Å². The van der Waals surface area contributed by atoms with Gasteiger partial charge in [0, 0.05) is 56.5 Å². The summed E-state index contributed by atoms with van der Waals surface area (Å²) in [7, 11) is 0. The number of hydrogen-bond donors (Lipinski definition) is 1. The zero-order chi connectivity index (χ0) is 20.5. The molecule has 150 valence electrons. The topological polar surface area (TPSA) is 52.6 Å². The number of rotatable bonds is 9. The Morgan fingerprint density at radius 3 is 2.14 bits per heavy atom. The fourth-order valence-corrected chi connectivity index (χ4v) is 3.04. The Balaban J connectivity index is 1.94. The van der Waals surface area contributed by atoms with Crippen molar-refractivity contribution in [2.45, 2.75) is 33.7 Å². The third-order valence-electron chi connectivity index (χ3n) is 4.67. The van der Waals surface area contributed by atoms with E-state index >= 15 is 0 Å². The highest BCUT2D eigenvalue weighted by Crippen LogP contribution is 2.21. The average Bonchev–Trinajstić information content (AvgIpc) is 2.69. The largest absolute Gasteiger partial charge is 0.372 e. The summed E-state index contributed by atoms with van der Waals surface area (Å²) in [5.41, 5.74) is 2.29. The van der Waals surface area contributed by atoms with Gasteiger partial charge in [-0.15, -0.1) is 0 Å². The minimum absolute atomic E-state index is 0.127. The molecule has 0 heterocycles. The molecule has 5 nitrogen and oxygen atoms in total. The Hall–Kier alpha value is -2.89. The Bertz CT molecular complexity index is 789. The monoisotopic (exact) mass is 385 g/mol. The summed E-state index contributed by atoms with van der Waals surface area (Å²) in [6, 6.07) is 14.1. The number of nitrogens with zero attached hydrogens (tertiary/aromatic N) is 2. The van der Waals surface area contributed by atoms with Crippen molar-refractivity contribution in [2.75, 3.05) is 29.4 Å². The fourth-order valence-electron chi connectivity index (χ4n) is 3.04. The van der Waals surface area contributed by atoms with Crippen LogP contribution in [0.4, 0.5) is 15.8 Å². The Morgan fingerprint density at radius 2 is 1.57 bits per heavy atom. The van der Waals surface area contributed by atoms with Crippen LogP contribution < -0.4 is 15.1 Å². The lowest BCUT2D eigenvalue weighted by molar-refractivity contribution is -0.121. The van der Waals surface area contributed by atoms with E-state index < -0.39 is 0 Å². The highest BCUT2D eigenvalue weighted by molar-refractivity contribution is 5.92. The molecule has 0 fully saturated rings. The normalized spacial score (nSPS) is 10.4. The summed E-state index contributed by atoms with van der Waals surface area (Å²) >= 11 is 0. The third-order valence-corrected chi connectivity index (χ3v) is 4.67. The first-order valence-electron chi connectivity index (χ1n) is 9.59. The molecule has 0 atom stereocenters. The molecule has 2 amide bonds. The maximum atomic E-state index is 13.6. The molecular formula is C22H28FN3O2. The molecule has 1 N–H and O–H groups in total. The van der Waals surface area contributed by atoms with E-state index in [1.54, 1.807) is 23.1 Å². The highest BCUT2D eigenvalue weighted by atomic mass is 19.1. The molecule has 0 saturated heterocycles. The van der Waals surface area contributed by atoms with Crippen molar-refractivity contribution >= 4 is 23.2 Å². The quantitative estimate of drug-likeness (QED) is 0.716. The summed E-state index contributed by atoms with van der Waals surface area (Å²) in [6.07, 6.45) is 0.145. The summed E-state index contributed by atoms with van der Waals surface area (Å²) < 4.78 is 13.6. The smallest absolute Gasteiger partial charge is 0.223 e. The number of hydrogen-bond acceptors (Lipinski definition) is 3. The number of anilines is 2. The van der Waals surface area contributed by atoms with Crippen LogP contribution in [0.5, 0.6) is 0 Å². The molecule has 2 aromatic carbocycles. The molecule has 0 aliphatic carbocycles. The molecule has 0 aromatic heterocycles. The van der Waals surface area contributed by atoms with E-state index in [1.165, 1.54) is 13.0 Å². The van der Waals surface area contributed by atoms with Gasteiger partial charge >= 0.3 is 0 Å². The van der Waals surface area contributed by atoms with Crippen LogP contribution in [0.1, 0.15) is 32.8 Å². The van der Waals surface area contributed by atoms with Crippen molar-refractivity contribution in [1.82, 2.24) is 5.32 Å². The van der Waals surface area contributed by atoms with E-state index in [0.29, 0.717) is 5.56 Å². The van der Waals surface area contributed by atoms with Crippen LogP contribution in [0.25, 0.3) is 0 Å². The van der Waals surface area contributed by atoms with Gasteiger partial charge in [-0.3, -0.25) is 9.59 Å². The highest BCUT2D eigenvalue weighted by Gasteiger charge is 2.14. The maximum Gasteiger partial charge on any atom is 0.223 e. The van der Waals surface area contributed by atoms with Crippen molar-refractivity contribution in [2.24, 2.45) is 0 Å². The molecular weight excluding hydrogens is 357 g/mol. The number of benzene rings is 2. The van der Waals surface area contributed by atoms with Gasteiger partial charge in [0.1, 0.15) is 5.82 Å². The first-order chi connectivity index (χ1) is 13.5. The Labute approximate surface area is 166 Å². The molecule has 0 aliphatic rings. The van der Waals surface area contributed by atoms with E-state index in [2.05, 4.69) is 24.1 Å². The lowest BCUT2D eigenvalue weighted by atomic mass is 10.2. The number of carbonyl (C=O) groups is 2. The lowest BCUT2D eigenvalue weighted by Crippen LogP contribution is -2.33. The van der Waals surface area contributed by atoms with Crippen molar-refractivity contribution in [3.8, 4) is 0 Å². The van der Waals surface area contributed by atoms with Gasteiger partial charge in [0.25, 0.3) is 0 Å². The molecule has 0 saturated carbocycles. The standard InChI is InChI=1S/C22H28FN3O2/c1-4-25(5-2)19-10-12-20(13-11-19)26(17(3)27)15-14-22(28)24-16-18-8-6-7-9-21(18)23/h6-13H,4-5,14-16H2,1-3H3,(H,24,28). The SMILES string of the molecule is CCN(CC)c1ccc(N(CCC(=O)NCc2ccccc2F)C(C)=O)cc1. The molecule has 28 heavy (non-hydrogen) atoms. The molecule has 0 spiro atoms. The van der Waals surface area contributed by atoms with Gasteiger partial charge in [0.05, 0.1) is 0 Å². The van der Waals surface area contributed by atoms with Crippen molar-refractivity contribution < 1.29 is 14.0 Å². The zero-order valence-corrected chi connectivity index (χ0v) is 16.7. The van der Waals surface area contributed by atoms with Gasteiger partial charge < -0.3 is 15.1 Å². The van der Waals surface area contributed by atoms with Gasteiger partial charge in [-0.2, -0.15) is 0 Å². The molecule has 6 heteroatoms. The predicted molar refractivity (Wildman–Crippen MR) is 111 cm³/mol. The second kappa shape index (κ2) is 10.4. The van der Waals surface area contributed by atoms with E-state index in [9.17, 15) is 14.0 Å². The van der Waals surface area contributed by atoms with E-state index in [-0.39, 0.29) is 37.1 Å². The zero-order valence-electron chi connectivity index (χ0n) is 16.7. The van der Waals surface area contributed by atoms with E-state index in [0.717, 1.165) is 24.5 Å². The fraction of sp³-hybridized carbons (Fsp3) is 0.364. The van der Waals surface area contributed by atoms with Gasteiger partial charge in [-0.1, -0.05) is 18.2 Å². The van der Waals surface area contributed by atoms with Gasteiger partial charge in [-0.05, 0) is 44.2 Å². The van der Waals surface area contributed by atoms with Crippen molar-refractivity contribution in [3.63, 3.8) is 0 Å². The summed E-state index contributed by atoms with van der Waals surface area (Å²) in [6.45, 7) is 7.89. The molecule has 0 aliphatic heterocycles. The Morgan fingerprint density at radius 1 is 0.964 bits per heavy atom. The molecule has 2 rings (SSSR count). The maximum absolute atomic E-state index is 13.6. The minimum atomic E-state index is -0.346. The summed E-state index contributed by atoms with van der Waals surface area (Å²) in [5, 5.41) is 2.70. The van der Waals surface area contributed by atoms with Crippen molar-refractivity contribution in [1.29, 1.82) is 0 Å². The van der Waals surface area contributed by atoms with Gasteiger partial charge in [0.2, 0.25) is 11.8 Å². The second-order valence-corrected chi connectivity index (χ2v) is 6.48. The number of halogens is 1. The van der Waals surface area contributed by atoms with Crippen LogP contribution in [-0.2, 0) is 16.1 Å². The first-order valence-corrected chi connectivity index (χ1v) is 9.59. The Kier molecular flexibility index (Phi) is 7.99. The molecule has 0 radical (unpaired) electrons. The average molecular weight is 385 g/mol. The van der Waals surface area contributed by atoms with Gasteiger partial charge in [0.15, 0.2) is 0 Å². The van der Waals surface area contributed by atoms with Gasteiger partial charge in [-0.25, -0.2) is 4.39 Å². The predicted octanol–water partition coefficient (Wildman–Crippen LogP) is 3.73. The third kappa shape index (κ3) is 5.81.